The highest BCUT2D eigenvalue weighted by Gasteiger charge is 2.30. The summed E-state index contributed by atoms with van der Waals surface area (Å²) in [6.45, 7) is 6.44. The minimum absolute atomic E-state index is 0.106. The molecule has 0 bridgehead atoms. The predicted molar refractivity (Wildman–Crippen MR) is 96.0 cm³/mol. The fourth-order valence-corrected chi connectivity index (χ4v) is 3.07. The summed E-state index contributed by atoms with van der Waals surface area (Å²) in [4.78, 5) is 33.0. The summed E-state index contributed by atoms with van der Waals surface area (Å²) in [7, 11) is 0. The Bertz CT molecular complexity index is 818. The lowest BCUT2D eigenvalue weighted by Gasteiger charge is -2.41. The summed E-state index contributed by atoms with van der Waals surface area (Å²) >= 11 is 0. The van der Waals surface area contributed by atoms with Crippen molar-refractivity contribution in [1.29, 1.82) is 0 Å². The van der Waals surface area contributed by atoms with E-state index >= 15 is 0 Å². The summed E-state index contributed by atoms with van der Waals surface area (Å²) in [6.07, 6.45) is 3.27. The van der Waals surface area contributed by atoms with Crippen LogP contribution in [-0.2, 0) is 13.0 Å². The molecule has 2 N–H and O–H groups in total. The number of benzene rings is 1. The molecule has 0 spiro atoms. The largest absolute Gasteiger partial charge is 0.476 e. The van der Waals surface area contributed by atoms with Crippen LogP contribution in [0.4, 0.5) is 0 Å². The minimum Gasteiger partial charge on any atom is -0.476 e. The van der Waals surface area contributed by atoms with Gasteiger partial charge in [0.15, 0.2) is 5.69 Å². The van der Waals surface area contributed by atoms with Crippen LogP contribution in [0.1, 0.15) is 46.0 Å². The molecule has 1 aliphatic rings. The van der Waals surface area contributed by atoms with Crippen LogP contribution in [0, 0.1) is 0 Å². The van der Waals surface area contributed by atoms with Gasteiger partial charge >= 0.3 is 5.97 Å². The van der Waals surface area contributed by atoms with Gasteiger partial charge in [0.2, 0.25) is 0 Å². The first kappa shape index (κ1) is 18.0. The zero-order chi connectivity index (χ0) is 18.7. The second kappa shape index (κ2) is 7.21. The molecule has 7 heteroatoms. The molecule has 136 valence electrons. The monoisotopic (exact) mass is 354 g/mol. The van der Waals surface area contributed by atoms with E-state index in [2.05, 4.69) is 58.3 Å². The molecule has 7 nitrogen and oxygen atoms in total. The number of aromatic carboxylic acids is 1. The van der Waals surface area contributed by atoms with E-state index in [9.17, 15) is 9.59 Å². The number of nitrogens with zero attached hydrogens (tertiary/aromatic N) is 3. The maximum absolute atomic E-state index is 12.3. The minimum atomic E-state index is -1.17. The molecular weight excluding hydrogens is 332 g/mol. The smallest absolute Gasteiger partial charge is 0.356 e. The van der Waals surface area contributed by atoms with Crippen molar-refractivity contribution in [2.75, 3.05) is 13.1 Å². The Balaban J connectivity index is 1.61. The number of aromatic nitrogens is 2. The van der Waals surface area contributed by atoms with Gasteiger partial charge in [-0.25, -0.2) is 14.8 Å². The molecule has 26 heavy (non-hydrogen) atoms. The SMILES string of the molecule is CC(C)(CNC(=O)c1cnc(C(=O)O)cn1)N1CCc2ccccc2C1. The van der Waals surface area contributed by atoms with Crippen molar-refractivity contribution in [3.05, 3.63) is 59.2 Å². The van der Waals surface area contributed by atoms with Crippen LogP contribution in [0.3, 0.4) is 0 Å². The van der Waals surface area contributed by atoms with Crippen LogP contribution >= 0.6 is 0 Å². The molecular formula is C19H22N4O3. The molecule has 2 heterocycles. The van der Waals surface area contributed by atoms with Crippen LogP contribution in [-0.4, -0.2) is 50.5 Å². The standard InChI is InChI=1S/C19H22N4O3/c1-19(2,23-8-7-13-5-3-4-6-14(13)11-23)12-22-17(24)15-9-21-16(10-20-15)18(25)26/h3-6,9-10H,7-8,11-12H2,1-2H3,(H,22,24)(H,25,26). The van der Waals surface area contributed by atoms with Gasteiger partial charge in [-0.1, -0.05) is 24.3 Å². The molecule has 0 aliphatic carbocycles. The van der Waals surface area contributed by atoms with E-state index in [4.69, 9.17) is 5.11 Å². The number of carbonyl (C=O) groups excluding carboxylic acids is 1. The highest BCUT2D eigenvalue weighted by atomic mass is 16.4. The Labute approximate surface area is 152 Å². The molecule has 1 aromatic heterocycles. The summed E-state index contributed by atoms with van der Waals surface area (Å²) < 4.78 is 0. The lowest BCUT2D eigenvalue weighted by molar-refractivity contribution is 0.0688. The van der Waals surface area contributed by atoms with Gasteiger partial charge in [-0.2, -0.15) is 0 Å². The molecule has 0 unspecified atom stereocenters. The summed E-state index contributed by atoms with van der Waals surface area (Å²) in [5.41, 5.74) is 2.41. The van der Waals surface area contributed by atoms with Gasteiger partial charge in [0.25, 0.3) is 5.91 Å². The summed E-state index contributed by atoms with van der Waals surface area (Å²) in [5, 5.41) is 11.7. The lowest BCUT2D eigenvalue weighted by Crippen LogP contribution is -2.53. The maximum Gasteiger partial charge on any atom is 0.356 e. The number of hydrogen-bond donors (Lipinski definition) is 2. The Hall–Kier alpha value is -2.80. The van der Waals surface area contributed by atoms with E-state index in [1.807, 2.05) is 0 Å². The Morgan fingerprint density at radius 1 is 1.15 bits per heavy atom. The van der Waals surface area contributed by atoms with Crippen LogP contribution in [0.25, 0.3) is 0 Å². The van der Waals surface area contributed by atoms with Crippen molar-refractivity contribution in [1.82, 2.24) is 20.2 Å². The second-order valence-corrected chi connectivity index (χ2v) is 7.03. The molecule has 0 atom stereocenters. The third-order valence-electron chi connectivity index (χ3n) is 4.77. The number of fused-ring (bicyclic) bond motifs is 1. The first-order valence-corrected chi connectivity index (χ1v) is 8.52. The van der Waals surface area contributed by atoms with Crippen LogP contribution in [0.2, 0.25) is 0 Å². The molecule has 1 amide bonds. The third-order valence-corrected chi connectivity index (χ3v) is 4.77. The zero-order valence-electron chi connectivity index (χ0n) is 14.9. The van der Waals surface area contributed by atoms with Crippen molar-refractivity contribution < 1.29 is 14.7 Å². The van der Waals surface area contributed by atoms with E-state index < -0.39 is 5.97 Å². The van der Waals surface area contributed by atoms with Gasteiger partial charge in [-0.3, -0.25) is 9.69 Å². The van der Waals surface area contributed by atoms with Gasteiger partial charge in [-0.05, 0) is 31.4 Å². The molecule has 1 aromatic carbocycles. The van der Waals surface area contributed by atoms with Gasteiger partial charge in [0.05, 0.1) is 12.4 Å². The van der Waals surface area contributed by atoms with Gasteiger partial charge in [0.1, 0.15) is 5.69 Å². The maximum atomic E-state index is 12.3. The van der Waals surface area contributed by atoms with Crippen molar-refractivity contribution in [2.24, 2.45) is 0 Å². The number of carboxylic acid groups (broad SMARTS) is 1. The molecule has 3 rings (SSSR count). The van der Waals surface area contributed by atoms with E-state index in [1.54, 1.807) is 0 Å². The second-order valence-electron chi connectivity index (χ2n) is 7.03. The van der Waals surface area contributed by atoms with Crippen LogP contribution in [0.5, 0.6) is 0 Å². The van der Waals surface area contributed by atoms with Crippen molar-refractivity contribution in [2.45, 2.75) is 32.4 Å². The number of nitrogens with one attached hydrogen (secondary N) is 1. The van der Waals surface area contributed by atoms with Gasteiger partial charge < -0.3 is 10.4 Å². The summed E-state index contributed by atoms with van der Waals surface area (Å²) in [6, 6.07) is 8.43. The number of carboxylic acids is 1. The fraction of sp³-hybridized carbons (Fsp3) is 0.368. The number of hydrogen-bond acceptors (Lipinski definition) is 5. The molecule has 1 aliphatic heterocycles. The van der Waals surface area contributed by atoms with Gasteiger partial charge in [0, 0.05) is 25.2 Å². The Morgan fingerprint density at radius 3 is 2.46 bits per heavy atom. The Kier molecular flexibility index (Phi) is 4.99. The number of carbonyl (C=O) groups is 2. The molecule has 0 fully saturated rings. The van der Waals surface area contributed by atoms with E-state index in [-0.39, 0.29) is 22.8 Å². The molecule has 0 saturated carbocycles. The number of rotatable bonds is 5. The fourth-order valence-electron chi connectivity index (χ4n) is 3.07. The third kappa shape index (κ3) is 3.88. The van der Waals surface area contributed by atoms with Crippen molar-refractivity contribution in [3.63, 3.8) is 0 Å². The zero-order valence-corrected chi connectivity index (χ0v) is 14.9. The van der Waals surface area contributed by atoms with Crippen molar-refractivity contribution >= 4 is 11.9 Å². The van der Waals surface area contributed by atoms with Crippen LogP contribution in [0.15, 0.2) is 36.7 Å². The van der Waals surface area contributed by atoms with E-state index in [0.29, 0.717) is 6.54 Å². The predicted octanol–water partition coefficient (Wildman–Crippen LogP) is 1.74. The highest BCUT2D eigenvalue weighted by Crippen LogP contribution is 2.24. The van der Waals surface area contributed by atoms with Gasteiger partial charge in [-0.15, -0.1) is 0 Å². The number of amides is 1. The highest BCUT2D eigenvalue weighted by molar-refractivity contribution is 5.92. The van der Waals surface area contributed by atoms with Crippen LogP contribution < -0.4 is 5.32 Å². The molecule has 0 saturated heterocycles. The normalized spacial score (nSPS) is 14.5. The quantitative estimate of drug-likeness (QED) is 0.849. The molecule has 0 radical (unpaired) electrons. The molecule has 2 aromatic rings. The lowest BCUT2D eigenvalue weighted by atomic mass is 9.94. The Morgan fingerprint density at radius 2 is 1.81 bits per heavy atom. The first-order valence-electron chi connectivity index (χ1n) is 8.52. The van der Waals surface area contributed by atoms with E-state index in [0.717, 1.165) is 25.7 Å². The average molecular weight is 354 g/mol. The summed E-state index contributed by atoms with van der Waals surface area (Å²) in [5.74, 6) is -1.53. The topological polar surface area (TPSA) is 95.4 Å². The average Bonchev–Trinajstić information content (AvgIpc) is 2.65. The first-order chi connectivity index (χ1) is 12.4. The van der Waals surface area contributed by atoms with E-state index in [1.165, 1.54) is 17.3 Å². The van der Waals surface area contributed by atoms with Crippen molar-refractivity contribution in [3.8, 4) is 0 Å².